The van der Waals surface area contributed by atoms with Crippen LogP contribution in [-0.4, -0.2) is 40.6 Å². The Morgan fingerprint density at radius 2 is 2.17 bits per heavy atom. The summed E-state index contributed by atoms with van der Waals surface area (Å²) >= 11 is 5.23. The van der Waals surface area contributed by atoms with Gasteiger partial charge in [0.05, 0.1) is 11.0 Å². The van der Waals surface area contributed by atoms with Gasteiger partial charge in [0, 0.05) is 24.6 Å². The fourth-order valence-electron chi connectivity index (χ4n) is 1.71. The molecule has 0 spiro atoms. The summed E-state index contributed by atoms with van der Waals surface area (Å²) in [6.45, 7) is 2.48. The van der Waals surface area contributed by atoms with Crippen LogP contribution in [0.3, 0.4) is 0 Å². The lowest BCUT2D eigenvalue weighted by molar-refractivity contribution is 0.455. The molecule has 3 N–H and O–H groups in total. The topological polar surface area (TPSA) is 61.9 Å². The number of phenols is 1. The van der Waals surface area contributed by atoms with Gasteiger partial charge in [0.15, 0.2) is 5.96 Å². The molecule has 1 aromatic rings. The molecule has 2 rings (SSSR count). The first-order valence-electron chi connectivity index (χ1n) is 5.77. The third-order valence-electron chi connectivity index (χ3n) is 2.77. The number of rotatable bonds is 2. The Morgan fingerprint density at radius 3 is 2.83 bits per heavy atom. The van der Waals surface area contributed by atoms with Crippen LogP contribution in [0.4, 0.5) is 0 Å². The highest BCUT2D eigenvalue weighted by molar-refractivity contribution is 9.10. The molecular weight excluding hydrogens is 314 g/mol. The molecule has 0 amide bonds. The SMILES string of the molecule is NC(=NCc1ccc(O)c(Br)c1)N1CCSCC1. The van der Waals surface area contributed by atoms with Gasteiger partial charge in [-0.05, 0) is 33.6 Å². The van der Waals surface area contributed by atoms with Gasteiger partial charge in [-0.1, -0.05) is 6.07 Å². The van der Waals surface area contributed by atoms with Crippen molar-refractivity contribution in [1.82, 2.24) is 4.90 Å². The minimum Gasteiger partial charge on any atom is -0.507 e. The van der Waals surface area contributed by atoms with Crippen molar-refractivity contribution in [1.29, 1.82) is 0 Å². The molecule has 0 atom stereocenters. The second kappa shape index (κ2) is 6.33. The molecule has 1 saturated heterocycles. The van der Waals surface area contributed by atoms with Crippen molar-refractivity contribution >= 4 is 33.7 Å². The van der Waals surface area contributed by atoms with Crippen LogP contribution in [0.2, 0.25) is 0 Å². The molecule has 1 aromatic carbocycles. The number of nitrogens with two attached hydrogens (primary N) is 1. The lowest BCUT2D eigenvalue weighted by Crippen LogP contribution is -2.42. The van der Waals surface area contributed by atoms with Crippen LogP contribution in [0.25, 0.3) is 0 Å². The Balaban J connectivity index is 1.98. The maximum atomic E-state index is 9.41. The summed E-state index contributed by atoms with van der Waals surface area (Å²) in [5, 5.41) is 9.41. The Morgan fingerprint density at radius 1 is 1.44 bits per heavy atom. The Kier molecular flexibility index (Phi) is 4.77. The van der Waals surface area contributed by atoms with E-state index < -0.39 is 0 Å². The number of guanidine groups is 1. The van der Waals surface area contributed by atoms with Crippen molar-refractivity contribution < 1.29 is 5.11 Å². The number of aliphatic imine (C=N–C) groups is 1. The van der Waals surface area contributed by atoms with Crippen molar-refractivity contribution in [2.75, 3.05) is 24.6 Å². The van der Waals surface area contributed by atoms with Crippen molar-refractivity contribution in [3.8, 4) is 5.75 Å². The highest BCUT2D eigenvalue weighted by Crippen LogP contribution is 2.24. The number of benzene rings is 1. The lowest BCUT2D eigenvalue weighted by Gasteiger charge is -2.27. The first-order chi connectivity index (χ1) is 8.66. The highest BCUT2D eigenvalue weighted by atomic mass is 79.9. The second-order valence-electron chi connectivity index (χ2n) is 4.06. The van der Waals surface area contributed by atoms with Crippen LogP contribution in [0.5, 0.6) is 5.75 Å². The van der Waals surface area contributed by atoms with E-state index in [2.05, 4.69) is 25.8 Å². The van der Waals surface area contributed by atoms with Crippen LogP contribution >= 0.6 is 27.7 Å². The maximum Gasteiger partial charge on any atom is 0.191 e. The van der Waals surface area contributed by atoms with Crippen LogP contribution in [-0.2, 0) is 6.54 Å². The van der Waals surface area contributed by atoms with Crippen molar-refractivity contribution in [3.63, 3.8) is 0 Å². The summed E-state index contributed by atoms with van der Waals surface area (Å²) in [5.74, 6) is 3.07. The van der Waals surface area contributed by atoms with E-state index in [9.17, 15) is 5.11 Å². The van der Waals surface area contributed by atoms with E-state index in [0.29, 0.717) is 17.0 Å². The molecule has 1 fully saturated rings. The zero-order valence-electron chi connectivity index (χ0n) is 9.97. The fraction of sp³-hybridized carbons (Fsp3) is 0.417. The average Bonchev–Trinajstić information content (AvgIpc) is 2.41. The van der Waals surface area contributed by atoms with Gasteiger partial charge in [-0.3, -0.25) is 0 Å². The number of thioether (sulfide) groups is 1. The first kappa shape index (κ1) is 13.5. The molecule has 0 saturated carbocycles. The van der Waals surface area contributed by atoms with Crippen molar-refractivity contribution in [2.45, 2.75) is 6.54 Å². The van der Waals surface area contributed by atoms with Crippen LogP contribution in [0, 0.1) is 0 Å². The van der Waals surface area contributed by atoms with Crippen molar-refractivity contribution in [2.24, 2.45) is 10.7 Å². The second-order valence-corrected chi connectivity index (χ2v) is 6.14. The highest BCUT2D eigenvalue weighted by Gasteiger charge is 2.11. The molecule has 1 aliphatic heterocycles. The zero-order valence-corrected chi connectivity index (χ0v) is 12.4. The minimum atomic E-state index is 0.240. The quantitative estimate of drug-likeness (QED) is 0.643. The smallest absolute Gasteiger partial charge is 0.191 e. The summed E-state index contributed by atoms with van der Waals surface area (Å²) < 4.78 is 0.683. The number of hydrogen-bond donors (Lipinski definition) is 2. The van der Waals surface area contributed by atoms with E-state index in [1.807, 2.05) is 23.9 Å². The zero-order chi connectivity index (χ0) is 13.0. The fourth-order valence-corrected chi connectivity index (χ4v) is 3.04. The predicted molar refractivity (Wildman–Crippen MR) is 80.0 cm³/mol. The normalized spacial score (nSPS) is 16.9. The van der Waals surface area contributed by atoms with Gasteiger partial charge in [-0.15, -0.1) is 0 Å². The molecule has 0 unspecified atom stereocenters. The van der Waals surface area contributed by atoms with E-state index in [-0.39, 0.29) is 5.75 Å². The number of nitrogens with zero attached hydrogens (tertiary/aromatic N) is 2. The standard InChI is InChI=1S/C12H16BrN3OS/c13-10-7-9(1-2-11(10)17)8-15-12(14)16-3-5-18-6-4-16/h1-2,7,17H,3-6,8H2,(H2,14,15). The van der Waals surface area contributed by atoms with Gasteiger partial charge >= 0.3 is 0 Å². The molecule has 1 heterocycles. The molecule has 18 heavy (non-hydrogen) atoms. The van der Waals surface area contributed by atoms with Gasteiger partial charge in [-0.2, -0.15) is 11.8 Å². The molecule has 0 aromatic heterocycles. The van der Waals surface area contributed by atoms with Gasteiger partial charge in [0.25, 0.3) is 0 Å². The average molecular weight is 330 g/mol. The molecular formula is C12H16BrN3OS. The minimum absolute atomic E-state index is 0.240. The van der Waals surface area contributed by atoms with Crippen LogP contribution < -0.4 is 5.73 Å². The summed E-state index contributed by atoms with van der Waals surface area (Å²) in [4.78, 5) is 6.51. The first-order valence-corrected chi connectivity index (χ1v) is 7.71. The number of aromatic hydroxyl groups is 1. The Bertz CT molecular complexity index is 447. The van der Waals surface area contributed by atoms with Gasteiger partial charge in [-0.25, -0.2) is 4.99 Å². The summed E-state index contributed by atoms with van der Waals surface area (Å²) in [5.41, 5.74) is 6.99. The van der Waals surface area contributed by atoms with E-state index in [1.165, 1.54) is 0 Å². The van der Waals surface area contributed by atoms with E-state index in [0.717, 1.165) is 30.2 Å². The van der Waals surface area contributed by atoms with E-state index >= 15 is 0 Å². The number of phenolic OH excluding ortho intramolecular Hbond substituents is 1. The third-order valence-corrected chi connectivity index (χ3v) is 4.35. The van der Waals surface area contributed by atoms with Crippen LogP contribution in [0.15, 0.2) is 27.7 Å². The molecule has 0 radical (unpaired) electrons. The molecule has 4 nitrogen and oxygen atoms in total. The number of halogens is 1. The Labute approximate surface area is 119 Å². The van der Waals surface area contributed by atoms with Gasteiger partial charge in [0.2, 0.25) is 0 Å². The maximum absolute atomic E-state index is 9.41. The van der Waals surface area contributed by atoms with E-state index in [4.69, 9.17) is 5.73 Å². The van der Waals surface area contributed by atoms with Crippen molar-refractivity contribution in [3.05, 3.63) is 28.2 Å². The molecule has 98 valence electrons. The van der Waals surface area contributed by atoms with Gasteiger partial charge < -0.3 is 15.7 Å². The number of hydrogen-bond acceptors (Lipinski definition) is 3. The predicted octanol–water partition coefficient (Wildman–Crippen LogP) is 2.02. The monoisotopic (exact) mass is 329 g/mol. The molecule has 6 heteroatoms. The summed E-state index contributed by atoms with van der Waals surface area (Å²) in [6.07, 6.45) is 0. The summed E-state index contributed by atoms with van der Waals surface area (Å²) in [6, 6.07) is 5.36. The Hall–Kier alpha value is -0.880. The lowest BCUT2D eigenvalue weighted by atomic mass is 10.2. The molecule has 1 aliphatic rings. The van der Waals surface area contributed by atoms with E-state index in [1.54, 1.807) is 6.07 Å². The largest absolute Gasteiger partial charge is 0.507 e. The molecule has 0 bridgehead atoms. The summed E-state index contributed by atoms with van der Waals surface area (Å²) in [7, 11) is 0. The van der Waals surface area contributed by atoms with Crippen LogP contribution in [0.1, 0.15) is 5.56 Å². The molecule has 0 aliphatic carbocycles. The third kappa shape index (κ3) is 3.55. The van der Waals surface area contributed by atoms with Gasteiger partial charge in [0.1, 0.15) is 5.75 Å².